The average Bonchev–Trinajstić information content (AvgIpc) is 2.49. The monoisotopic (exact) mass is 318 g/mol. The first kappa shape index (κ1) is 15.3. The van der Waals surface area contributed by atoms with E-state index in [0.717, 1.165) is 0 Å². The first-order chi connectivity index (χ1) is 10.5. The molecule has 0 radical (unpaired) electrons. The zero-order valence-electron chi connectivity index (χ0n) is 11.0. The molecule has 0 saturated carbocycles. The molecular weight excluding hydrogens is 308 g/mol. The highest BCUT2D eigenvalue weighted by molar-refractivity contribution is 7.80. The molecule has 1 aromatic heterocycles. The van der Waals surface area contributed by atoms with Gasteiger partial charge in [0.2, 0.25) is 0 Å². The molecule has 0 bridgehead atoms. The molecule has 2 aromatic rings. The van der Waals surface area contributed by atoms with Crippen molar-refractivity contribution in [1.82, 2.24) is 10.3 Å². The lowest BCUT2D eigenvalue weighted by atomic mass is 10.2. The van der Waals surface area contributed by atoms with Gasteiger partial charge in [-0.05, 0) is 36.5 Å². The van der Waals surface area contributed by atoms with Crippen LogP contribution >= 0.6 is 12.2 Å². The highest BCUT2D eigenvalue weighted by atomic mass is 32.1. The van der Waals surface area contributed by atoms with Crippen molar-refractivity contribution < 1.29 is 14.8 Å². The molecule has 0 aliphatic carbocycles. The van der Waals surface area contributed by atoms with Crippen molar-refractivity contribution in [3.05, 3.63) is 58.3 Å². The Balaban J connectivity index is 2.01. The number of amides is 1. The van der Waals surface area contributed by atoms with Gasteiger partial charge in [0, 0.05) is 23.9 Å². The molecule has 1 heterocycles. The number of carbonyl (C=O) groups is 1. The smallest absolute Gasteiger partial charge is 0.269 e. The number of carbonyl (C=O) groups excluding carboxylic acids is 1. The van der Waals surface area contributed by atoms with E-state index in [1.54, 1.807) is 6.07 Å². The number of anilines is 1. The van der Waals surface area contributed by atoms with Crippen LogP contribution in [0.5, 0.6) is 5.75 Å². The summed E-state index contributed by atoms with van der Waals surface area (Å²) in [6.45, 7) is 0. The number of non-ortho nitro benzene ring substituents is 1. The molecule has 0 atom stereocenters. The molecule has 0 aliphatic rings. The van der Waals surface area contributed by atoms with Gasteiger partial charge in [-0.25, -0.2) is 4.98 Å². The number of nitrogens with one attached hydrogen (secondary N) is 2. The molecule has 0 aliphatic heterocycles. The third-order valence-electron chi connectivity index (χ3n) is 2.59. The molecule has 9 heteroatoms. The summed E-state index contributed by atoms with van der Waals surface area (Å²) >= 11 is 4.94. The number of aromatic nitrogens is 1. The summed E-state index contributed by atoms with van der Waals surface area (Å²) in [5.74, 6) is -0.547. The number of rotatable bonds is 3. The van der Waals surface area contributed by atoms with Gasteiger partial charge in [0.25, 0.3) is 11.6 Å². The Morgan fingerprint density at radius 3 is 2.55 bits per heavy atom. The molecule has 22 heavy (non-hydrogen) atoms. The lowest BCUT2D eigenvalue weighted by Gasteiger charge is -2.09. The van der Waals surface area contributed by atoms with E-state index in [4.69, 9.17) is 12.2 Å². The predicted octanol–water partition coefficient (Wildman–Crippen LogP) is 1.82. The second-order valence-corrected chi connectivity index (χ2v) is 4.49. The SMILES string of the molecule is O=C(NC(=S)Nc1ncccc1O)c1ccc([N+](=O)[O-])cc1. The van der Waals surface area contributed by atoms with Crippen molar-refractivity contribution in [2.45, 2.75) is 0 Å². The van der Waals surface area contributed by atoms with Crippen LogP contribution in [0.15, 0.2) is 42.6 Å². The van der Waals surface area contributed by atoms with Crippen molar-refractivity contribution in [1.29, 1.82) is 0 Å². The van der Waals surface area contributed by atoms with E-state index in [2.05, 4.69) is 15.6 Å². The van der Waals surface area contributed by atoms with Gasteiger partial charge in [-0.15, -0.1) is 0 Å². The topological polar surface area (TPSA) is 117 Å². The average molecular weight is 318 g/mol. The van der Waals surface area contributed by atoms with E-state index in [9.17, 15) is 20.0 Å². The Kier molecular flexibility index (Phi) is 4.59. The number of pyridine rings is 1. The lowest BCUT2D eigenvalue weighted by Crippen LogP contribution is -2.34. The quantitative estimate of drug-likeness (QED) is 0.449. The van der Waals surface area contributed by atoms with E-state index in [1.807, 2.05) is 0 Å². The second-order valence-electron chi connectivity index (χ2n) is 4.08. The maximum Gasteiger partial charge on any atom is 0.269 e. The van der Waals surface area contributed by atoms with Crippen LogP contribution < -0.4 is 10.6 Å². The van der Waals surface area contributed by atoms with Crippen molar-refractivity contribution in [3.8, 4) is 5.75 Å². The van der Waals surface area contributed by atoms with Crippen molar-refractivity contribution in [3.63, 3.8) is 0 Å². The molecule has 112 valence electrons. The molecular formula is C13H10N4O4S. The fourth-order valence-corrected chi connectivity index (χ4v) is 1.73. The van der Waals surface area contributed by atoms with Crippen LogP contribution in [0.1, 0.15) is 10.4 Å². The molecule has 0 spiro atoms. The number of hydrogen-bond donors (Lipinski definition) is 3. The highest BCUT2D eigenvalue weighted by Gasteiger charge is 2.11. The van der Waals surface area contributed by atoms with Crippen LogP contribution in [0.4, 0.5) is 11.5 Å². The minimum absolute atomic E-state index is 0.0580. The number of hydrogen-bond acceptors (Lipinski definition) is 6. The Labute approximate surface area is 130 Å². The molecule has 2 rings (SSSR count). The van der Waals surface area contributed by atoms with Gasteiger partial charge in [-0.3, -0.25) is 20.2 Å². The third-order valence-corrected chi connectivity index (χ3v) is 2.79. The van der Waals surface area contributed by atoms with Gasteiger partial charge in [0.05, 0.1) is 4.92 Å². The van der Waals surface area contributed by atoms with Gasteiger partial charge in [-0.2, -0.15) is 0 Å². The first-order valence-electron chi connectivity index (χ1n) is 5.98. The Morgan fingerprint density at radius 1 is 1.27 bits per heavy atom. The highest BCUT2D eigenvalue weighted by Crippen LogP contribution is 2.18. The Morgan fingerprint density at radius 2 is 1.95 bits per heavy atom. The zero-order valence-corrected chi connectivity index (χ0v) is 11.8. The number of nitro groups is 1. The normalized spacial score (nSPS) is 9.82. The third kappa shape index (κ3) is 3.73. The number of benzene rings is 1. The van der Waals surface area contributed by atoms with Crippen LogP contribution in [-0.2, 0) is 0 Å². The molecule has 0 unspecified atom stereocenters. The van der Waals surface area contributed by atoms with Gasteiger partial charge >= 0.3 is 0 Å². The van der Waals surface area contributed by atoms with Crippen LogP contribution in [-0.4, -0.2) is 26.0 Å². The fraction of sp³-hybridized carbons (Fsp3) is 0. The van der Waals surface area contributed by atoms with Crippen molar-refractivity contribution in [2.24, 2.45) is 0 Å². The fourth-order valence-electron chi connectivity index (χ4n) is 1.54. The van der Waals surface area contributed by atoms with Gasteiger partial charge in [0.1, 0.15) is 0 Å². The molecule has 0 saturated heterocycles. The van der Waals surface area contributed by atoms with Crippen LogP contribution in [0.2, 0.25) is 0 Å². The van der Waals surface area contributed by atoms with Crippen LogP contribution in [0, 0.1) is 10.1 Å². The maximum atomic E-state index is 11.9. The number of nitrogens with zero attached hydrogens (tertiary/aromatic N) is 2. The van der Waals surface area contributed by atoms with Gasteiger partial charge in [-0.1, -0.05) is 0 Å². The summed E-state index contributed by atoms with van der Waals surface area (Å²) in [7, 11) is 0. The summed E-state index contributed by atoms with van der Waals surface area (Å²) in [5.41, 5.74) is 0.0932. The predicted molar refractivity (Wildman–Crippen MR) is 82.7 cm³/mol. The zero-order chi connectivity index (χ0) is 16.1. The lowest BCUT2D eigenvalue weighted by molar-refractivity contribution is -0.384. The van der Waals surface area contributed by atoms with E-state index >= 15 is 0 Å². The standard InChI is InChI=1S/C13H10N4O4S/c18-10-2-1-7-14-11(10)15-13(22)16-12(19)8-3-5-9(6-4-8)17(20)21/h1-7,18H,(H2,14,15,16,19,22). The maximum absolute atomic E-state index is 11.9. The van der Waals surface area contributed by atoms with Crippen LogP contribution in [0.25, 0.3) is 0 Å². The molecule has 3 N–H and O–H groups in total. The van der Waals surface area contributed by atoms with E-state index < -0.39 is 10.8 Å². The molecule has 1 aromatic carbocycles. The Hall–Kier alpha value is -3.07. The van der Waals surface area contributed by atoms with Crippen molar-refractivity contribution >= 4 is 34.7 Å². The summed E-state index contributed by atoms with van der Waals surface area (Å²) in [6, 6.07) is 8.02. The summed E-state index contributed by atoms with van der Waals surface area (Å²) in [6.07, 6.45) is 1.45. The number of aromatic hydroxyl groups is 1. The minimum atomic E-state index is -0.558. The summed E-state index contributed by atoms with van der Waals surface area (Å²) < 4.78 is 0. The molecule has 1 amide bonds. The number of thiocarbonyl (C=S) groups is 1. The van der Waals surface area contributed by atoms with Gasteiger partial charge in [0.15, 0.2) is 16.7 Å². The summed E-state index contributed by atoms with van der Waals surface area (Å²) in [5, 5.41) is 25.0. The van der Waals surface area contributed by atoms with Crippen molar-refractivity contribution in [2.75, 3.05) is 5.32 Å². The summed E-state index contributed by atoms with van der Waals surface area (Å²) in [4.78, 5) is 25.8. The first-order valence-corrected chi connectivity index (χ1v) is 6.39. The van der Waals surface area contributed by atoms with Gasteiger partial charge < -0.3 is 10.4 Å². The van der Waals surface area contributed by atoms with E-state index in [1.165, 1.54) is 36.5 Å². The van der Waals surface area contributed by atoms with E-state index in [0.29, 0.717) is 0 Å². The molecule has 8 nitrogen and oxygen atoms in total. The second kappa shape index (κ2) is 6.59. The Bertz CT molecular complexity index is 733. The van der Waals surface area contributed by atoms with Crippen LogP contribution in [0.3, 0.4) is 0 Å². The molecule has 0 fully saturated rings. The number of nitro benzene ring substituents is 1. The van der Waals surface area contributed by atoms with E-state index in [-0.39, 0.29) is 27.9 Å². The minimum Gasteiger partial charge on any atom is -0.504 e. The largest absolute Gasteiger partial charge is 0.504 e.